The fourth-order valence-electron chi connectivity index (χ4n) is 2.46. The van der Waals surface area contributed by atoms with Crippen LogP contribution in [0.5, 0.6) is 5.75 Å². The van der Waals surface area contributed by atoms with Gasteiger partial charge >= 0.3 is 5.97 Å². The van der Waals surface area contributed by atoms with Crippen molar-refractivity contribution >= 4 is 5.97 Å². The summed E-state index contributed by atoms with van der Waals surface area (Å²) in [5, 5.41) is 23.5. The number of esters is 1. The molecular weight excluding hydrogens is 316 g/mol. The lowest BCUT2D eigenvalue weighted by atomic mass is 9.92. The van der Waals surface area contributed by atoms with Crippen LogP contribution in [0.4, 0.5) is 0 Å². The Morgan fingerprint density at radius 3 is 2.75 bits per heavy atom. The molecule has 0 radical (unpaired) electrons. The largest absolute Gasteiger partial charge is 0.502 e. The molecule has 1 atom stereocenters. The van der Waals surface area contributed by atoms with Gasteiger partial charge in [0.15, 0.2) is 5.76 Å². The molecule has 2 aromatic heterocycles. The molecule has 2 aromatic rings. The number of aromatic nitrogens is 2. The highest BCUT2D eigenvalue weighted by Crippen LogP contribution is 2.34. The van der Waals surface area contributed by atoms with Crippen LogP contribution in [0.25, 0.3) is 0 Å². The highest BCUT2D eigenvalue weighted by atomic mass is 16.5. The Hall–Kier alpha value is -2.61. The fourth-order valence-corrected chi connectivity index (χ4v) is 2.46. The smallest absolute Gasteiger partial charge is 0.306 e. The zero-order chi connectivity index (χ0) is 17.9. The van der Waals surface area contributed by atoms with E-state index < -0.39 is 29.7 Å². The molecule has 0 saturated carbocycles. The number of carbonyl (C=O) groups excluding carboxylic acids is 1. The van der Waals surface area contributed by atoms with E-state index in [0.29, 0.717) is 5.56 Å². The van der Waals surface area contributed by atoms with Gasteiger partial charge in [-0.05, 0) is 13.8 Å². The molecule has 0 aromatic carbocycles. The Morgan fingerprint density at radius 1 is 1.50 bits per heavy atom. The predicted octanol–water partition coefficient (Wildman–Crippen LogP) is 0.965. The van der Waals surface area contributed by atoms with Crippen molar-refractivity contribution in [2.24, 2.45) is 7.05 Å². The van der Waals surface area contributed by atoms with Crippen LogP contribution in [0.2, 0.25) is 0 Å². The molecule has 0 amide bonds. The molecule has 0 fully saturated rings. The SMILES string of the molecule is CCOC(=O)CC(c1cnn(C)c1C)c1oc(CO)cc(=O)c1O. The second-order valence-corrected chi connectivity index (χ2v) is 5.32. The first-order valence-electron chi connectivity index (χ1n) is 7.49. The van der Waals surface area contributed by atoms with Gasteiger partial charge in [-0.15, -0.1) is 0 Å². The van der Waals surface area contributed by atoms with E-state index in [1.807, 2.05) is 0 Å². The number of hydrogen-bond acceptors (Lipinski definition) is 7. The highest BCUT2D eigenvalue weighted by Gasteiger charge is 2.29. The second kappa shape index (κ2) is 7.31. The number of aliphatic hydroxyl groups is 1. The lowest BCUT2D eigenvalue weighted by Gasteiger charge is -2.17. The third kappa shape index (κ3) is 3.48. The Kier molecular flexibility index (Phi) is 5.40. The zero-order valence-electron chi connectivity index (χ0n) is 13.8. The summed E-state index contributed by atoms with van der Waals surface area (Å²) >= 11 is 0. The summed E-state index contributed by atoms with van der Waals surface area (Å²) in [7, 11) is 1.74. The molecular formula is C16H20N2O6. The predicted molar refractivity (Wildman–Crippen MR) is 83.6 cm³/mol. The summed E-state index contributed by atoms with van der Waals surface area (Å²) in [4.78, 5) is 23.9. The normalized spacial score (nSPS) is 12.2. The van der Waals surface area contributed by atoms with Crippen LogP contribution in [0.15, 0.2) is 21.5 Å². The second-order valence-electron chi connectivity index (χ2n) is 5.32. The number of hydrogen-bond donors (Lipinski definition) is 2. The third-order valence-electron chi connectivity index (χ3n) is 3.80. The van der Waals surface area contributed by atoms with Crippen LogP contribution in [0.3, 0.4) is 0 Å². The van der Waals surface area contributed by atoms with Gasteiger partial charge in [0.05, 0.1) is 25.1 Å². The zero-order valence-corrected chi connectivity index (χ0v) is 13.8. The van der Waals surface area contributed by atoms with E-state index in [4.69, 9.17) is 9.15 Å². The Labute approximate surface area is 138 Å². The maximum Gasteiger partial charge on any atom is 0.306 e. The molecule has 1 unspecified atom stereocenters. The lowest BCUT2D eigenvalue weighted by Crippen LogP contribution is -2.15. The van der Waals surface area contributed by atoms with Crippen molar-refractivity contribution in [3.63, 3.8) is 0 Å². The molecule has 0 saturated heterocycles. The average molecular weight is 336 g/mol. The van der Waals surface area contributed by atoms with E-state index in [9.17, 15) is 19.8 Å². The van der Waals surface area contributed by atoms with Gasteiger partial charge in [0.25, 0.3) is 0 Å². The van der Waals surface area contributed by atoms with Crippen molar-refractivity contribution in [2.45, 2.75) is 32.8 Å². The van der Waals surface area contributed by atoms with Crippen LogP contribution in [0.1, 0.15) is 42.0 Å². The van der Waals surface area contributed by atoms with Gasteiger partial charge in [-0.3, -0.25) is 14.3 Å². The number of nitrogens with zero attached hydrogens (tertiary/aromatic N) is 2. The topological polar surface area (TPSA) is 115 Å². The number of ether oxygens (including phenoxy) is 1. The van der Waals surface area contributed by atoms with Gasteiger partial charge in [0, 0.05) is 24.4 Å². The summed E-state index contributed by atoms with van der Waals surface area (Å²) in [6, 6.07) is 1.01. The van der Waals surface area contributed by atoms with E-state index in [1.54, 1.807) is 31.8 Å². The fraction of sp³-hybridized carbons (Fsp3) is 0.438. The van der Waals surface area contributed by atoms with Gasteiger partial charge < -0.3 is 19.4 Å². The van der Waals surface area contributed by atoms with E-state index in [1.165, 1.54) is 0 Å². The molecule has 2 rings (SSSR count). The van der Waals surface area contributed by atoms with Crippen molar-refractivity contribution in [1.29, 1.82) is 0 Å². The minimum Gasteiger partial charge on any atom is -0.502 e. The first kappa shape index (κ1) is 17.7. The monoisotopic (exact) mass is 336 g/mol. The Balaban J connectivity index is 2.58. The van der Waals surface area contributed by atoms with Crippen LogP contribution >= 0.6 is 0 Å². The molecule has 0 aliphatic rings. The van der Waals surface area contributed by atoms with Gasteiger partial charge in [0.1, 0.15) is 12.4 Å². The molecule has 24 heavy (non-hydrogen) atoms. The van der Waals surface area contributed by atoms with E-state index in [2.05, 4.69) is 5.10 Å². The highest BCUT2D eigenvalue weighted by molar-refractivity contribution is 5.71. The van der Waals surface area contributed by atoms with Gasteiger partial charge in [0.2, 0.25) is 11.2 Å². The standard InChI is InChI=1S/C16H20N2O6/c1-4-23-14(21)6-11(12-7-17-18(3)9(12)2)16-15(22)13(20)5-10(8-19)24-16/h5,7,11,19,22H,4,6,8H2,1-3H3. The molecule has 8 nitrogen and oxygen atoms in total. The van der Waals surface area contributed by atoms with Crippen LogP contribution in [0, 0.1) is 6.92 Å². The maximum absolute atomic E-state index is 12.0. The molecule has 0 aliphatic heterocycles. The quantitative estimate of drug-likeness (QED) is 0.755. The number of aliphatic hydroxyl groups excluding tert-OH is 1. The number of carbonyl (C=O) groups is 1. The van der Waals surface area contributed by atoms with Crippen molar-refractivity contribution in [3.05, 3.63) is 45.3 Å². The van der Waals surface area contributed by atoms with Gasteiger partial charge in [-0.25, -0.2) is 0 Å². The minimum atomic E-state index is -0.753. The van der Waals surface area contributed by atoms with E-state index in [0.717, 1.165) is 11.8 Å². The maximum atomic E-state index is 12.0. The van der Waals surface area contributed by atoms with Crippen LogP contribution in [-0.4, -0.2) is 32.6 Å². The van der Waals surface area contributed by atoms with Crippen molar-refractivity contribution in [1.82, 2.24) is 9.78 Å². The molecule has 2 heterocycles. The van der Waals surface area contributed by atoms with Crippen molar-refractivity contribution < 1.29 is 24.2 Å². The first-order chi connectivity index (χ1) is 11.4. The van der Waals surface area contributed by atoms with E-state index >= 15 is 0 Å². The number of aryl methyl sites for hydroxylation is 1. The van der Waals surface area contributed by atoms with E-state index in [-0.39, 0.29) is 24.5 Å². The number of aromatic hydroxyl groups is 1. The molecule has 0 aliphatic carbocycles. The minimum absolute atomic E-state index is 0.00297. The summed E-state index contributed by atoms with van der Waals surface area (Å²) in [6.45, 7) is 3.20. The van der Waals surface area contributed by atoms with Crippen molar-refractivity contribution in [2.75, 3.05) is 6.61 Å². The molecule has 130 valence electrons. The average Bonchev–Trinajstić information content (AvgIpc) is 2.87. The molecule has 0 bridgehead atoms. The summed E-state index contributed by atoms with van der Waals surface area (Å²) in [6.07, 6.45) is 1.41. The van der Waals surface area contributed by atoms with Gasteiger partial charge in [-0.1, -0.05) is 0 Å². The molecule has 8 heteroatoms. The van der Waals surface area contributed by atoms with Crippen LogP contribution in [-0.2, 0) is 23.2 Å². The van der Waals surface area contributed by atoms with Crippen LogP contribution < -0.4 is 5.43 Å². The summed E-state index contributed by atoms with van der Waals surface area (Å²) < 4.78 is 12.0. The Bertz CT molecular complexity index is 792. The lowest BCUT2D eigenvalue weighted by molar-refractivity contribution is -0.143. The third-order valence-corrected chi connectivity index (χ3v) is 3.80. The molecule has 0 spiro atoms. The molecule has 2 N–H and O–H groups in total. The van der Waals surface area contributed by atoms with Gasteiger partial charge in [-0.2, -0.15) is 5.10 Å². The Morgan fingerprint density at radius 2 is 2.21 bits per heavy atom. The first-order valence-corrected chi connectivity index (χ1v) is 7.49. The summed E-state index contributed by atoms with van der Waals surface area (Å²) in [5.41, 5.74) is 0.690. The summed E-state index contributed by atoms with van der Waals surface area (Å²) in [5.74, 6) is -1.93. The number of rotatable bonds is 6. The van der Waals surface area contributed by atoms with Crippen molar-refractivity contribution in [3.8, 4) is 5.75 Å².